The van der Waals surface area contributed by atoms with Crippen molar-refractivity contribution in [2.45, 2.75) is 12.5 Å². The van der Waals surface area contributed by atoms with E-state index in [4.69, 9.17) is 14.2 Å². The lowest BCUT2D eigenvalue weighted by atomic mass is 10.1. The van der Waals surface area contributed by atoms with Gasteiger partial charge in [-0.1, -0.05) is 36.4 Å². The molecule has 1 aromatic heterocycles. The van der Waals surface area contributed by atoms with E-state index in [0.717, 1.165) is 5.39 Å². The van der Waals surface area contributed by atoms with Crippen LogP contribution in [0.15, 0.2) is 60.8 Å². The Labute approximate surface area is 177 Å². The lowest BCUT2D eigenvalue weighted by Crippen LogP contribution is -2.51. The maximum absolute atomic E-state index is 12.2. The van der Waals surface area contributed by atoms with Crippen LogP contribution >= 0.6 is 0 Å². The number of fused-ring (bicyclic) bond motifs is 2. The molecule has 1 aliphatic rings. The third kappa shape index (κ3) is 4.89. The predicted octanol–water partition coefficient (Wildman–Crippen LogP) is 1.31. The first-order valence-corrected chi connectivity index (χ1v) is 9.55. The molecule has 3 aromatic rings. The second kappa shape index (κ2) is 9.12. The zero-order chi connectivity index (χ0) is 21.6. The van der Waals surface area contributed by atoms with Crippen LogP contribution in [0.5, 0.6) is 11.5 Å². The highest BCUT2D eigenvalue weighted by molar-refractivity contribution is 5.88. The Morgan fingerprint density at radius 2 is 1.81 bits per heavy atom. The highest BCUT2D eigenvalue weighted by atomic mass is 16.6. The highest BCUT2D eigenvalue weighted by Crippen LogP contribution is 2.30. The second-order valence-corrected chi connectivity index (χ2v) is 6.73. The zero-order valence-corrected chi connectivity index (χ0v) is 16.4. The van der Waals surface area contributed by atoms with Gasteiger partial charge in [0.2, 0.25) is 6.10 Å². The number of benzene rings is 2. The SMILES string of the molecule is O=C(COC(=O)Cc1cccc2cccnc12)NNC(=O)C1COc2ccccc2O1. The van der Waals surface area contributed by atoms with Gasteiger partial charge < -0.3 is 14.2 Å². The second-order valence-electron chi connectivity index (χ2n) is 6.73. The molecule has 0 aliphatic carbocycles. The fraction of sp³-hybridized carbons (Fsp3) is 0.182. The smallest absolute Gasteiger partial charge is 0.310 e. The van der Waals surface area contributed by atoms with Crippen LogP contribution in [0.4, 0.5) is 0 Å². The molecule has 2 amide bonds. The van der Waals surface area contributed by atoms with Crippen LogP contribution < -0.4 is 20.3 Å². The van der Waals surface area contributed by atoms with Crippen LogP contribution in [0.3, 0.4) is 0 Å². The summed E-state index contributed by atoms with van der Waals surface area (Å²) in [5.41, 5.74) is 5.83. The van der Waals surface area contributed by atoms with Gasteiger partial charge in [-0.25, -0.2) is 0 Å². The summed E-state index contributed by atoms with van der Waals surface area (Å²) in [7, 11) is 0. The average molecular weight is 421 g/mol. The van der Waals surface area contributed by atoms with E-state index in [2.05, 4.69) is 15.8 Å². The molecule has 0 saturated carbocycles. The van der Waals surface area contributed by atoms with Gasteiger partial charge in [0.1, 0.15) is 6.61 Å². The maximum atomic E-state index is 12.2. The number of esters is 1. The summed E-state index contributed by atoms with van der Waals surface area (Å²) < 4.78 is 16.0. The molecular weight excluding hydrogens is 402 g/mol. The molecule has 0 bridgehead atoms. The molecular formula is C22H19N3O6. The Kier molecular flexibility index (Phi) is 5.93. The molecule has 9 heteroatoms. The van der Waals surface area contributed by atoms with Gasteiger partial charge in [-0.15, -0.1) is 0 Å². The first-order valence-electron chi connectivity index (χ1n) is 9.55. The quantitative estimate of drug-likeness (QED) is 0.471. The number of hydrogen-bond donors (Lipinski definition) is 2. The van der Waals surface area contributed by atoms with Crippen LogP contribution in [0.2, 0.25) is 0 Å². The average Bonchev–Trinajstić information content (AvgIpc) is 2.81. The van der Waals surface area contributed by atoms with Gasteiger partial charge in [0, 0.05) is 11.6 Å². The molecule has 1 aliphatic heterocycles. The topological polar surface area (TPSA) is 116 Å². The Hall–Kier alpha value is -4.14. The number of para-hydroxylation sites is 3. The minimum absolute atomic E-state index is 0.00672. The Bertz CT molecular complexity index is 1130. The van der Waals surface area contributed by atoms with Gasteiger partial charge in [0.25, 0.3) is 11.8 Å². The van der Waals surface area contributed by atoms with Crippen molar-refractivity contribution < 1.29 is 28.6 Å². The van der Waals surface area contributed by atoms with Gasteiger partial charge in [-0.2, -0.15) is 0 Å². The van der Waals surface area contributed by atoms with Crippen molar-refractivity contribution in [2.24, 2.45) is 0 Å². The van der Waals surface area contributed by atoms with Gasteiger partial charge in [0.15, 0.2) is 18.1 Å². The first-order chi connectivity index (χ1) is 15.1. The molecule has 9 nitrogen and oxygen atoms in total. The Morgan fingerprint density at radius 3 is 2.68 bits per heavy atom. The molecule has 1 atom stereocenters. The molecule has 1 unspecified atom stereocenters. The van der Waals surface area contributed by atoms with E-state index < -0.39 is 30.5 Å². The van der Waals surface area contributed by atoms with E-state index in [9.17, 15) is 14.4 Å². The number of rotatable bonds is 5. The minimum atomic E-state index is -0.920. The minimum Gasteiger partial charge on any atom is -0.485 e. The van der Waals surface area contributed by atoms with Gasteiger partial charge in [-0.05, 0) is 23.8 Å². The fourth-order valence-electron chi connectivity index (χ4n) is 3.06. The number of hydrogen-bond acceptors (Lipinski definition) is 7. The summed E-state index contributed by atoms with van der Waals surface area (Å²) in [6.07, 6.45) is 0.699. The van der Waals surface area contributed by atoms with Crippen molar-refractivity contribution in [2.75, 3.05) is 13.2 Å². The Balaban J connectivity index is 1.22. The van der Waals surface area contributed by atoms with Gasteiger partial charge in [-0.3, -0.25) is 30.2 Å². The monoisotopic (exact) mass is 421 g/mol. The molecule has 0 spiro atoms. The summed E-state index contributed by atoms with van der Waals surface area (Å²) >= 11 is 0. The molecule has 0 fully saturated rings. The van der Waals surface area contributed by atoms with Crippen LogP contribution in [-0.2, 0) is 25.5 Å². The molecule has 31 heavy (non-hydrogen) atoms. The zero-order valence-electron chi connectivity index (χ0n) is 16.4. The van der Waals surface area contributed by atoms with Crippen LogP contribution in [-0.4, -0.2) is 42.1 Å². The molecule has 2 aromatic carbocycles. The van der Waals surface area contributed by atoms with Crippen molar-refractivity contribution >= 4 is 28.7 Å². The largest absolute Gasteiger partial charge is 0.485 e. The summed E-state index contributed by atoms with van der Waals surface area (Å²) in [6, 6.07) is 16.2. The van der Waals surface area contributed by atoms with Crippen molar-refractivity contribution in [1.82, 2.24) is 15.8 Å². The van der Waals surface area contributed by atoms with E-state index in [0.29, 0.717) is 22.6 Å². The number of carbonyl (C=O) groups is 3. The Morgan fingerprint density at radius 1 is 1.00 bits per heavy atom. The molecule has 2 N–H and O–H groups in total. The third-order valence-corrected chi connectivity index (χ3v) is 4.54. The van der Waals surface area contributed by atoms with E-state index in [1.807, 2.05) is 24.3 Å². The standard InChI is InChI=1S/C22H19N3O6/c26-19(24-25-22(28)18-12-29-16-8-1-2-9-17(16)31-18)13-30-20(27)11-15-6-3-5-14-7-4-10-23-21(14)15/h1-10,18H,11-13H2,(H,24,26)(H,25,28). The van der Waals surface area contributed by atoms with E-state index >= 15 is 0 Å². The van der Waals surface area contributed by atoms with E-state index in [1.165, 1.54) is 0 Å². The number of ether oxygens (including phenoxy) is 3. The van der Waals surface area contributed by atoms with Gasteiger partial charge in [0.05, 0.1) is 11.9 Å². The van der Waals surface area contributed by atoms with E-state index in [1.54, 1.807) is 36.5 Å². The third-order valence-electron chi connectivity index (χ3n) is 4.54. The number of amides is 2. The maximum Gasteiger partial charge on any atom is 0.310 e. The molecule has 158 valence electrons. The van der Waals surface area contributed by atoms with Crippen molar-refractivity contribution in [3.05, 3.63) is 66.4 Å². The van der Waals surface area contributed by atoms with Crippen LogP contribution in [0, 0.1) is 0 Å². The van der Waals surface area contributed by atoms with Crippen molar-refractivity contribution in [3.8, 4) is 11.5 Å². The van der Waals surface area contributed by atoms with Crippen LogP contribution in [0.1, 0.15) is 5.56 Å². The van der Waals surface area contributed by atoms with E-state index in [-0.39, 0.29) is 13.0 Å². The van der Waals surface area contributed by atoms with Crippen LogP contribution in [0.25, 0.3) is 10.9 Å². The summed E-state index contributed by atoms with van der Waals surface area (Å²) in [5, 5.41) is 0.907. The first kappa shape index (κ1) is 20.1. The molecule has 2 heterocycles. The number of pyridine rings is 1. The molecule has 0 radical (unpaired) electrons. The number of nitrogens with zero attached hydrogens (tertiary/aromatic N) is 1. The predicted molar refractivity (Wildman–Crippen MR) is 109 cm³/mol. The van der Waals surface area contributed by atoms with Gasteiger partial charge >= 0.3 is 5.97 Å². The molecule has 0 saturated heterocycles. The number of aromatic nitrogens is 1. The normalized spacial score (nSPS) is 14.5. The summed E-state index contributed by atoms with van der Waals surface area (Å²) in [5.74, 6) is -0.868. The lowest BCUT2D eigenvalue weighted by Gasteiger charge is -2.25. The van der Waals surface area contributed by atoms with Crippen molar-refractivity contribution in [1.29, 1.82) is 0 Å². The number of carbonyl (C=O) groups excluding carboxylic acids is 3. The van der Waals surface area contributed by atoms with Crippen molar-refractivity contribution in [3.63, 3.8) is 0 Å². The highest BCUT2D eigenvalue weighted by Gasteiger charge is 2.27. The number of nitrogens with one attached hydrogen (secondary N) is 2. The molecule has 4 rings (SSSR count). The number of hydrazine groups is 1. The fourth-order valence-corrected chi connectivity index (χ4v) is 3.06. The summed E-state index contributed by atoms with van der Waals surface area (Å²) in [4.78, 5) is 40.5. The lowest BCUT2D eigenvalue weighted by molar-refractivity contribution is -0.148. The summed E-state index contributed by atoms with van der Waals surface area (Å²) in [6.45, 7) is -0.533.